The monoisotopic (exact) mass is 334 g/mol. The highest BCUT2D eigenvalue weighted by molar-refractivity contribution is 6.01. The van der Waals surface area contributed by atoms with Crippen LogP contribution in [0, 0.1) is 17.0 Å². The van der Waals surface area contributed by atoms with Crippen LogP contribution in [0.25, 0.3) is 27.6 Å². The smallest absolute Gasteiger partial charge is 0.271 e. The molecule has 0 saturated carbocycles. The average Bonchev–Trinajstić information content (AvgIpc) is 2.96. The molecule has 7 heteroatoms. The first-order valence-corrected chi connectivity index (χ1v) is 7.67. The highest BCUT2D eigenvalue weighted by Gasteiger charge is 2.19. The molecule has 4 rings (SSSR count). The van der Waals surface area contributed by atoms with Crippen LogP contribution >= 0.6 is 0 Å². The van der Waals surface area contributed by atoms with Crippen molar-refractivity contribution in [3.8, 4) is 11.4 Å². The molecular weight excluding hydrogens is 320 g/mol. The Hall–Kier alpha value is -3.48. The summed E-state index contributed by atoms with van der Waals surface area (Å²) >= 11 is 0. The minimum absolute atomic E-state index is 0.00607. The van der Waals surface area contributed by atoms with Crippen LogP contribution in [-0.4, -0.2) is 26.8 Å². The molecule has 0 aliphatic rings. The van der Waals surface area contributed by atoms with Crippen LogP contribution in [-0.2, 0) is 0 Å². The van der Waals surface area contributed by atoms with E-state index in [2.05, 4.69) is 5.10 Å². The summed E-state index contributed by atoms with van der Waals surface area (Å²) in [6, 6.07) is 14.0. The number of hydrogen-bond donors (Lipinski definition) is 0. The van der Waals surface area contributed by atoms with E-state index in [0.717, 1.165) is 22.0 Å². The molecule has 4 aromatic rings. The number of para-hydroxylation sites is 1. The number of nitro benzene ring substituents is 1. The Morgan fingerprint density at radius 1 is 1.16 bits per heavy atom. The predicted molar refractivity (Wildman–Crippen MR) is 94.3 cm³/mol. The largest absolute Gasteiger partial charge is 0.495 e. The number of methoxy groups -OCH3 is 1. The van der Waals surface area contributed by atoms with Crippen LogP contribution in [0.3, 0.4) is 0 Å². The van der Waals surface area contributed by atoms with Gasteiger partial charge in [-0.05, 0) is 25.1 Å². The predicted octanol–water partition coefficient (Wildman–Crippen LogP) is 3.80. The zero-order valence-corrected chi connectivity index (χ0v) is 13.6. The lowest BCUT2D eigenvalue weighted by molar-refractivity contribution is -0.384. The van der Waals surface area contributed by atoms with Gasteiger partial charge in [0.05, 0.1) is 34.3 Å². The first-order valence-electron chi connectivity index (χ1n) is 7.67. The van der Waals surface area contributed by atoms with Gasteiger partial charge in [0.1, 0.15) is 5.75 Å². The molecule has 0 bridgehead atoms. The SMILES string of the molecule is COc1c2ccccc2nc2c1c(C)nn2-c1cccc([N+](=O)[O-])c1. The molecule has 0 spiro atoms. The molecule has 0 aliphatic carbocycles. The number of nitrogens with zero attached hydrogens (tertiary/aromatic N) is 4. The normalized spacial score (nSPS) is 11.1. The number of benzene rings is 2. The molecule has 0 aliphatic heterocycles. The highest BCUT2D eigenvalue weighted by atomic mass is 16.6. The van der Waals surface area contributed by atoms with Gasteiger partial charge in [-0.2, -0.15) is 5.10 Å². The van der Waals surface area contributed by atoms with Crippen molar-refractivity contribution >= 4 is 27.6 Å². The van der Waals surface area contributed by atoms with Crippen LogP contribution in [0.1, 0.15) is 5.69 Å². The summed E-state index contributed by atoms with van der Waals surface area (Å²) in [5.74, 6) is 0.704. The molecule has 2 aromatic heterocycles. The van der Waals surface area contributed by atoms with E-state index >= 15 is 0 Å². The second-order valence-electron chi connectivity index (χ2n) is 5.63. The van der Waals surface area contributed by atoms with E-state index in [4.69, 9.17) is 9.72 Å². The Labute approximate surface area is 142 Å². The summed E-state index contributed by atoms with van der Waals surface area (Å²) in [4.78, 5) is 15.4. The third-order valence-electron chi connectivity index (χ3n) is 4.13. The van der Waals surface area contributed by atoms with Gasteiger partial charge in [-0.15, -0.1) is 0 Å². The third-order valence-corrected chi connectivity index (χ3v) is 4.13. The Morgan fingerprint density at radius 3 is 2.72 bits per heavy atom. The van der Waals surface area contributed by atoms with Gasteiger partial charge in [-0.1, -0.05) is 18.2 Å². The van der Waals surface area contributed by atoms with E-state index in [-0.39, 0.29) is 5.69 Å². The van der Waals surface area contributed by atoms with Crippen LogP contribution in [0.2, 0.25) is 0 Å². The van der Waals surface area contributed by atoms with Gasteiger partial charge in [0, 0.05) is 17.5 Å². The van der Waals surface area contributed by atoms with Gasteiger partial charge in [-0.25, -0.2) is 9.67 Å². The zero-order chi connectivity index (χ0) is 17.6. The number of pyridine rings is 1. The first-order chi connectivity index (χ1) is 12.1. The van der Waals surface area contributed by atoms with Crippen LogP contribution in [0.4, 0.5) is 5.69 Å². The fourth-order valence-corrected chi connectivity index (χ4v) is 3.03. The first kappa shape index (κ1) is 15.1. The van der Waals surface area contributed by atoms with Gasteiger partial charge >= 0.3 is 0 Å². The number of fused-ring (bicyclic) bond motifs is 2. The van der Waals surface area contributed by atoms with E-state index < -0.39 is 4.92 Å². The van der Waals surface area contributed by atoms with Gasteiger partial charge in [0.2, 0.25) is 0 Å². The lowest BCUT2D eigenvalue weighted by atomic mass is 10.1. The molecule has 25 heavy (non-hydrogen) atoms. The maximum Gasteiger partial charge on any atom is 0.271 e. The van der Waals surface area contributed by atoms with Crippen molar-refractivity contribution < 1.29 is 9.66 Å². The van der Waals surface area contributed by atoms with Crippen molar-refractivity contribution in [2.24, 2.45) is 0 Å². The molecule has 0 atom stereocenters. The molecule has 2 heterocycles. The van der Waals surface area contributed by atoms with Crippen molar-refractivity contribution in [3.63, 3.8) is 0 Å². The van der Waals surface area contributed by atoms with Crippen LogP contribution in [0.15, 0.2) is 48.5 Å². The quantitative estimate of drug-likeness (QED) is 0.420. The van der Waals surface area contributed by atoms with Crippen molar-refractivity contribution in [2.45, 2.75) is 6.92 Å². The second-order valence-corrected chi connectivity index (χ2v) is 5.63. The Kier molecular flexibility index (Phi) is 3.35. The maximum atomic E-state index is 11.1. The summed E-state index contributed by atoms with van der Waals surface area (Å²) in [6.45, 7) is 1.87. The number of hydrogen-bond acceptors (Lipinski definition) is 5. The molecule has 7 nitrogen and oxygen atoms in total. The number of non-ortho nitro benzene ring substituents is 1. The van der Waals surface area contributed by atoms with Gasteiger partial charge in [-0.3, -0.25) is 10.1 Å². The molecular formula is C18H14N4O3. The molecule has 0 radical (unpaired) electrons. The standard InChI is InChI=1S/C18H14N4O3/c1-11-16-17(25-2)14-8-3-4-9-15(14)19-18(16)21(20-11)12-6-5-7-13(10-12)22(23)24/h3-10H,1-2H3. The maximum absolute atomic E-state index is 11.1. The number of ether oxygens (including phenoxy) is 1. The molecule has 124 valence electrons. The second kappa shape index (κ2) is 5.55. The summed E-state index contributed by atoms with van der Waals surface area (Å²) in [7, 11) is 1.62. The molecule has 0 unspecified atom stereocenters. The lowest BCUT2D eigenvalue weighted by Crippen LogP contribution is -1.99. The van der Waals surface area contributed by atoms with Gasteiger partial charge in [0.15, 0.2) is 5.65 Å². The van der Waals surface area contributed by atoms with E-state index in [0.29, 0.717) is 17.1 Å². The Bertz CT molecular complexity index is 1130. The molecule has 2 aromatic carbocycles. The molecule has 0 fully saturated rings. The molecule has 0 N–H and O–H groups in total. The van der Waals surface area contributed by atoms with Crippen molar-refractivity contribution in [3.05, 3.63) is 64.3 Å². The van der Waals surface area contributed by atoms with Crippen molar-refractivity contribution in [2.75, 3.05) is 7.11 Å². The minimum Gasteiger partial charge on any atom is -0.495 e. The number of aromatic nitrogens is 3. The molecule has 0 amide bonds. The van der Waals surface area contributed by atoms with Crippen molar-refractivity contribution in [1.82, 2.24) is 14.8 Å². The summed E-state index contributed by atoms with van der Waals surface area (Å²) in [5, 5.41) is 17.3. The summed E-state index contributed by atoms with van der Waals surface area (Å²) in [5.41, 5.74) is 2.72. The Morgan fingerprint density at radius 2 is 1.96 bits per heavy atom. The van der Waals surface area contributed by atoms with Crippen molar-refractivity contribution in [1.29, 1.82) is 0 Å². The summed E-state index contributed by atoms with van der Waals surface area (Å²) in [6.07, 6.45) is 0. The number of aryl methyl sites for hydroxylation is 1. The van der Waals surface area contributed by atoms with E-state index in [1.54, 1.807) is 23.9 Å². The average molecular weight is 334 g/mol. The fraction of sp³-hybridized carbons (Fsp3) is 0.111. The minimum atomic E-state index is -0.425. The zero-order valence-electron chi connectivity index (χ0n) is 13.6. The fourth-order valence-electron chi connectivity index (χ4n) is 3.03. The lowest BCUT2D eigenvalue weighted by Gasteiger charge is -2.08. The number of rotatable bonds is 3. The van der Waals surface area contributed by atoms with E-state index in [1.165, 1.54) is 12.1 Å². The number of nitro groups is 1. The van der Waals surface area contributed by atoms with Gasteiger partial charge < -0.3 is 4.74 Å². The van der Waals surface area contributed by atoms with E-state index in [9.17, 15) is 10.1 Å². The van der Waals surface area contributed by atoms with Crippen LogP contribution in [0.5, 0.6) is 5.75 Å². The van der Waals surface area contributed by atoms with Gasteiger partial charge in [0.25, 0.3) is 5.69 Å². The van der Waals surface area contributed by atoms with Crippen LogP contribution < -0.4 is 4.74 Å². The summed E-state index contributed by atoms with van der Waals surface area (Å²) < 4.78 is 7.25. The molecule has 0 saturated heterocycles. The Balaban J connectivity index is 2.08. The highest BCUT2D eigenvalue weighted by Crippen LogP contribution is 2.35. The van der Waals surface area contributed by atoms with E-state index in [1.807, 2.05) is 31.2 Å². The topological polar surface area (TPSA) is 83.1 Å². The third kappa shape index (κ3) is 2.28.